The first-order valence-electron chi connectivity index (χ1n) is 12.5. The summed E-state index contributed by atoms with van der Waals surface area (Å²) in [4.78, 5) is 23.2. The molecule has 9 heteroatoms. The van der Waals surface area contributed by atoms with Crippen molar-refractivity contribution in [1.82, 2.24) is 0 Å². The quantitative estimate of drug-likeness (QED) is 0.0761. The van der Waals surface area contributed by atoms with E-state index >= 15 is 0 Å². The van der Waals surface area contributed by atoms with E-state index in [1.54, 1.807) is 68.6 Å². The van der Waals surface area contributed by atoms with Crippen molar-refractivity contribution in [3.63, 3.8) is 0 Å². The number of para-hydroxylation sites is 1. The summed E-state index contributed by atoms with van der Waals surface area (Å²) in [7, 11) is 3.13. The van der Waals surface area contributed by atoms with Gasteiger partial charge in [-0.25, -0.2) is 4.79 Å². The van der Waals surface area contributed by atoms with Crippen LogP contribution in [0.2, 0.25) is 0 Å². The molecule has 4 aromatic carbocycles. The molecule has 0 saturated heterocycles. The average molecular weight is 544 g/mol. The number of carbonyl (C=O) groups is 1. The fraction of sp³-hybridized carbons (Fsp3) is 0.194. The molecule has 0 heterocycles. The predicted octanol–water partition coefficient (Wildman–Crippen LogP) is 6.82. The number of hydrogen-bond donors (Lipinski definition) is 1. The maximum absolute atomic E-state index is 12.4. The van der Waals surface area contributed by atoms with Gasteiger partial charge in [-0.3, -0.25) is 10.1 Å². The lowest BCUT2D eigenvalue weighted by molar-refractivity contribution is -0.385. The van der Waals surface area contributed by atoms with E-state index in [2.05, 4.69) is 0 Å². The van der Waals surface area contributed by atoms with Crippen LogP contribution in [0.5, 0.6) is 23.0 Å². The highest BCUT2D eigenvalue weighted by atomic mass is 16.7. The third-order valence-corrected chi connectivity index (χ3v) is 6.53. The van der Waals surface area contributed by atoms with Crippen LogP contribution in [0.15, 0.2) is 91.0 Å². The molecule has 0 spiro atoms. The molecule has 4 aromatic rings. The van der Waals surface area contributed by atoms with Crippen LogP contribution in [0, 0.1) is 10.1 Å². The minimum Gasteiger partial charge on any atom is -0.507 e. The second-order valence-electron chi connectivity index (χ2n) is 9.08. The minimum absolute atomic E-state index is 0.0307. The molecule has 0 aliphatic carbocycles. The van der Waals surface area contributed by atoms with Crippen LogP contribution in [-0.4, -0.2) is 37.0 Å². The van der Waals surface area contributed by atoms with Crippen LogP contribution < -0.4 is 14.2 Å². The van der Waals surface area contributed by atoms with Gasteiger partial charge in [0.05, 0.1) is 19.1 Å². The zero-order chi connectivity index (χ0) is 28.6. The van der Waals surface area contributed by atoms with Gasteiger partial charge in [0.15, 0.2) is 0 Å². The molecule has 9 nitrogen and oxygen atoms in total. The normalized spacial score (nSPS) is 12.2. The molecular weight excluding hydrogens is 514 g/mol. The van der Waals surface area contributed by atoms with Crippen LogP contribution in [0.4, 0.5) is 10.5 Å². The van der Waals surface area contributed by atoms with Crippen LogP contribution in [0.3, 0.4) is 0 Å². The molecule has 1 N–H and O–H groups in total. The Balaban J connectivity index is 1.50. The lowest BCUT2D eigenvalue weighted by Crippen LogP contribution is -2.15. The maximum atomic E-state index is 12.4. The van der Waals surface area contributed by atoms with E-state index in [1.165, 1.54) is 13.2 Å². The van der Waals surface area contributed by atoms with E-state index in [1.807, 2.05) is 30.3 Å². The number of nitrogens with zero attached hydrogens (tertiary/aromatic N) is 1. The molecule has 0 saturated carbocycles. The summed E-state index contributed by atoms with van der Waals surface area (Å²) in [5.41, 5.74) is 2.87. The molecule has 40 heavy (non-hydrogen) atoms. The van der Waals surface area contributed by atoms with Gasteiger partial charge < -0.3 is 24.1 Å². The van der Waals surface area contributed by atoms with Crippen molar-refractivity contribution in [3.05, 3.63) is 123 Å². The van der Waals surface area contributed by atoms with E-state index < -0.39 is 17.0 Å². The summed E-state index contributed by atoms with van der Waals surface area (Å²) in [6.07, 6.45) is -0.919. The fourth-order valence-electron chi connectivity index (χ4n) is 4.45. The molecule has 0 fully saturated rings. The highest BCUT2D eigenvalue weighted by Crippen LogP contribution is 2.39. The van der Waals surface area contributed by atoms with Crippen molar-refractivity contribution in [1.29, 1.82) is 0 Å². The van der Waals surface area contributed by atoms with Crippen LogP contribution in [0.25, 0.3) is 0 Å². The second-order valence-corrected chi connectivity index (χ2v) is 9.08. The molecule has 4 rings (SSSR count). The Labute approximate surface area is 231 Å². The molecule has 0 aliphatic rings. The third kappa shape index (κ3) is 6.50. The number of ether oxygens (including phenoxy) is 4. The topological polar surface area (TPSA) is 117 Å². The minimum atomic E-state index is -0.919. The fourth-order valence-corrected chi connectivity index (χ4v) is 4.45. The number of phenols is 1. The molecule has 2 unspecified atom stereocenters. The van der Waals surface area contributed by atoms with Crippen molar-refractivity contribution in [2.75, 3.05) is 20.8 Å². The average Bonchev–Trinajstić information content (AvgIpc) is 2.98. The first-order valence-corrected chi connectivity index (χ1v) is 12.5. The van der Waals surface area contributed by atoms with Crippen molar-refractivity contribution in [2.24, 2.45) is 0 Å². The second kappa shape index (κ2) is 12.7. The zero-order valence-corrected chi connectivity index (χ0v) is 22.3. The Morgan fingerprint density at radius 3 is 1.98 bits per heavy atom. The summed E-state index contributed by atoms with van der Waals surface area (Å²) in [6, 6.07) is 25.9. The van der Waals surface area contributed by atoms with Crippen LogP contribution in [0.1, 0.15) is 41.0 Å². The molecule has 0 bridgehead atoms. The van der Waals surface area contributed by atoms with Crippen LogP contribution >= 0.6 is 0 Å². The van der Waals surface area contributed by atoms with Gasteiger partial charge in [0.2, 0.25) is 0 Å². The molecule has 0 amide bonds. The molecule has 0 aliphatic heterocycles. The summed E-state index contributed by atoms with van der Waals surface area (Å²) >= 11 is 0. The number of rotatable bonds is 10. The van der Waals surface area contributed by atoms with Gasteiger partial charge in [0, 0.05) is 35.1 Å². The summed E-state index contributed by atoms with van der Waals surface area (Å²) in [6.45, 7) is 1.65. The van der Waals surface area contributed by atoms with Gasteiger partial charge in [-0.15, -0.1) is 0 Å². The number of nitro groups is 1. The van der Waals surface area contributed by atoms with Gasteiger partial charge in [0.25, 0.3) is 5.69 Å². The standard InChI is InChI=1S/C31H29NO8/c1-20(26-6-4-5-7-28(26)32(35)36)19-39-31(34)40-24-14-10-22(11-15-24)30(21-8-12-23(37-2)13-9-21)27-17-16-25(38-3)18-29(27)33/h4-18,20,30,33H,19H2,1-3H3. The van der Waals surface area contributed by atoms with Crippen molar-refractivity contribution in [3.8, 4) is 23.0 Å². The van der Waals surface area contributed by atoms with Gasteiger partial charge in [0.1, 0.15) is 29.6 Å². The maximum Gasteiger partial charge on any atom is 0.513 e. The van der Waals surface area contributed by atoms with Crippen molar-refractivity contribution < 1.29 is 33.8 Å². The highest BCUT2D eigenvalue weighted by Gasteiger charge is 2.22. The lowest BCUT2D eigenvalue weighted by Gasteiger charge is -2.21. The molecule has 206 valence electrons. The molecule has 0 aromatic heterocycles. The van der Waals surface area contributed by atoms with E-state index in [0.717, 1.165) is 11.1 Å². The van der Waals surface area contributed by atoms with E-state index in [0.29, 0.717) is 22.6 Å². The number of nitro benzene ring substituents is 1. The largest absolute Gasteiger partial charge is 0.513 e. The number of aromatic hydroxyl groups is 1. The van der Waals surface area contributed by atoms with E-state index in [9.17, 15) is 20.0 Å². The van der Waals surface area contributed by atoms with E-state index in [4.69, 9.17) is 18.9 Å². The van der Waals surface area contributed by atoms with Gasteiger partial charge >= 0.3 is 6.16 Å². The SMILES string of the molecule is COc1ccc(C(c2ccc(OC(=O)OCC(C)c3ccccc3[N+](=O)[O-])cc2)c2ccc(OC)cc2O)cc1. The third-order valence-electron chi connectivity index (χ3n) is 6.53. The summed E-state index contributed by atoms with van der Waals surface area (Å²) < 4.78 is 21.1. The highest BCUT2D eigenvalue weighted by molar-refractivity contribution is 5.64. The first kappa shape index (κ1) is 28.0. The Bertz CT molecular complexity index is 1470. The van der Waals surface area contributed by atoms with Crippen molar-refractivity contribution >= 4 is 11.8 Å². The Hall–Kier alpha value is -5.05. The Kier molecular flexibility index (Phi) is 8.86. The van der Waals surface area contributed by atoms with Crippen LogP contribution in [-0.2, 0) is 4.74 Å². The molecule has 0 radical (unpaired) electrons. The van der Waals surface area contributed by atoms with E-state index in [-0.39, 0.29) is 29.7 Å². The molecule has 2 atom stereocenters. The number of hydrogen-bond acceptors (Lipinski definition) is 8. The number of benzene rings is 4. The lowest BCUT2D eigenvalue weighted by atomic mass is 9.84. The monoisotopic (exact) mass is 543 g/mol. The van der Waals surface area contributed by atoms with Crippen molar-refractivity contribution in [2.45, 2.75) is 18.8 Å². The number of carbonyl (C=O) groups excluding carboxylic acids is 1. The van der Waals surface area contributed by atoms with Gasteiger partial charge in [-0.2, -0.15) is 0 Å². The zero-order valence-electron chi connectivity index (χ0n) is 22.3. The summed E-state index contributed by atoms with van der Waals surface area (Å²) in [5, 5.41) is 22.1. The summed E-state index contributed by atoms with van der Waals surface area (Å²) in [5.74, 6) is 0.851. The smallest absolute Gasteiger partial charge is 0.507 e. The molecular formula is C31H29NO8. The number of phenolic OH excluding ortho intramolecular Hbond substituents is 1. The predicted molar refractivity (Wildman–Crippen MR) is 149 cm³/mol. The Morgan fingerprint density at radius 2 is 1.40 bits per heavy atom. The Morgan fingerprint density at radius 1 is 0.825 bits per heavy atom. The van der Waals surface area contributed by atoms with Gasteiger partial charge in [-0.05, 0) is 41.5 Å². The first-order chi connectivity index (χ1) is 19.3. The van der Waals surface area contributed by atoms with Gasteiger partial charge in [-0.1, -0.05) is 55.5 Å². The number of methoxy groups -OCH3 is 2.